The van der Waals surface area contributed by atoms with Gasteiger partial charge in [0, 0.05) is 17.8 Å². The fraction of sp³-hybridized carbons (Fsp3) is 0.0625. The Balaban J connectivity index is 2.24. The maximum Gasteiger partial charge on any atom is 0.379 e. The predicted octanol–water partition coefficient (Wildman–Crippen LogP) is 2.38. The molecule has 0 spiro atoms. The van der Waals surface area contributed by atoms with E-state index in [0.717, 1.165) is 11.2 Å². The number of nitrogens with zero attached hydrogens (tertiary/aromatic N) is 2. The van der Waals surface area contributed by atoms with E-state index in [4.69, 9.17) is 0 Å². The van der Waals surface area contributed by atoms with Crippen LogP contribution in [0.2, 0.25) is 0 Å². The first-order chi connectivity index (χ1) is 10.2. The number of ketones is 1. The molecule has 0 aliphatic rings. The van der Waals surface area contributed by atoms with Crippen LogP contribution < -0.4 is 0 Å². The molecule has 3 rings (SSSR count). The Morgan fingerprint density at radius 2 is 1.95 bits per heavy atom. The van der Waals surface area contributed by atoms with Gasteiger partial charge in [0.2, 0.25) is 0 Å². The molecule has 0 radical (unpaired) electrons. The van der Waals surface area contributed by atoms with E-state index in [0.29, 0.717) is 10.9 Å². The Labute approximate surface area is 120 Å². The maximum absolute atomic E-state index is 12.1. The fourth-order valence-electron chi connectivity index (χ4n) is 2.27. The first-order valence-electron chi connectivity index (χ1n) is 6.35. The van der Waals surface area contributed by atoms with Gasteiger partial charge in [-0.3, -0.25) is 9.78 Å². The predicted molar refractivity (Wildman–Crippen MR) is 77.4 cm³/mol. The number of rotatable bonds is 3. The highest BCUT2D eigenvalue weighted by atomic mass is 16.5. The number of aromatic nitrogens is 2. The lowest BCUT2D eigenvalue weighted by Crippen LogP contribution is -2.15. The van der Waals surface area contributed by atoms with Gasteiger partial charge in [-0.2, -0.15) is 0 Å². The summed E-state index contributed by atoms with van der Waals surface area (Å²) in [5, 5.41) is 0.705. The molecule has 0 aliphatic carbocycles. The van der Waals surface area contributed by atoms with Gasteiger partial charge in [0.15, 0.2) is 0 Å². The third-order valence-corrected chi connectivity index (χ3v) is 3.25. The lowest BCUT2D eigenvalue weighted by atomic mass is 10.1. The quantitative estimate of drug-likeness (QED) is 0.420. The number of hydrogen-bond acceptors (Lipinski definition) is 4. The summed E-state index contributed by atoms with van der Waals surface area (Å²) in [6.07, 6.45) is 5.01. The Morgan fingerprint density at radius 3 is 2.67 bits per heavy atom. The number of carbonyl (C=O) groups excluding carboxylic acids is 2. The fourth-order valence-corrected chi connectivity index (χ4v) is 2.27. The molecule has 5 heteroatoms. The van der Waals surface area contributed by atoms with Gasteiger partial charge in [-0.25, -0.2) is 4.79 Å². The topological polar surface area (TPSA) is 61.2 Å². The van der Waals surface area contributed by atoms with E-state index in [2.05, 4.69) is 9.72 Å². The van der Waals surface area contributed by atoms with E-state index < -0.39 is 11.8 Å². The molecule has 2 heterocycles. The van der Waals surface area contributed by atoms with Gasteiger partial charge in [0.25, 0.3) is 5.78 Å². The Bertz CT molecular complexity index is 822. The summed E-state index contributed by atoms with van der Waals surface area (Å²) in [5.74, 6) is -1.53. The molecule has 0 bridgehead atoms. The van der Waals surface area contributed by atoms with E-state index in [9.17, 15) is 9.59 Å². The van der Waals surface area contributed by atoms with Gasteiger partial charge in [-0.1, -0.05) is 18.2 Å². The van der Waals surface area contributed by atoms with Crippen LogP contribution in [-0.2, 0) is 9.53 Å². The molecular weight excluding hydrogens is 268 g/mol. The van der Waals surface area contributed by atoms with Crippen LogP contribution in [0.15, 0.2) is 55.0 Å². The van der Waals surface area contributed by atoms with Crippen molar-refractivity contribution in [3.8, 4) is 5.69 Å². The minimum absolute atomic E-state index is 0.321. The van der Waals surface area contributed by atoms with Crippen LogP contribution in [0, 0.1) is 0 Å². The van der Waals surface area contributed by atoms with Crippen LogP contribution >= 0.6 is 0 Å². The number of para-hydroxylation sites is 1. The summed E-state index contributed by atoms with van der Waals surface area (Å²) < 4.78 is 6.35. The second-order valence-electron chi connectivity index (χ2n) is 4.46. The van der Waals surface area contributed by atoms with Gasteiger partial charge < -0.3 is 9.30 Å². The lowest BCUT2D eigenvalue weighted by molar-refractivity contribution is -0.135. The number of carbonyl (C=O) groups is 2. The van der Waals surface area contributed by atoms with Gasteiger partial charge >= 0.3 is 5.97 Å². The minimum atomic E-state index is -0.871. The molecule has 104 valence electrons. The van der Waals surface area contributed by atoms with Crippen molar-refractivity contribution < 1.29 is 14.3 Å². The van der Waals surface area contributed by atoms with Crippen molar-refractivity contribution in [3.05, 3.63) is 60.6 Å². The van der Waals surface area contributed by atoms with Crippen molar-refractivity contribution in [2.24, 2.45) is 0 Å². The monoisotopic (exact) mass is 280 g/mol. The molecule has 0 unspecified atom stereocenters. The zero-order valence-electron chi connectivity index (χ0n) is 11.3. The third kappa shape index (κ3) is 2.18. The number of benzene rings is 1. The molecular formula is C16H12N2O3. The highest BCUT2D eigenvalue weighted by Gasteiger charge is 2.22. The molecule has 0 amide bonds. The van der Waals surface area contributed by atoms with Crippen molar-refractivity contribution in [2.45, 2.75) is 0 Å². The SMILES string of the molecule is COC(=O)C(=O)c1cn(-c2cccnc2)c2ccccc12. The van der Waals surface area contributed by atoms with Crippen LogP contribution in [0.25, 0.3) is 16.6 Å². The summed E-state index contributed by atoms with van der Waals surface area (Å²) in [5.41, 5.74) is 1.97. The highest BCUT2D eigenvalue weighted by molar-refractivity contribution is 6.43. The first-order valence-corrected chi connectivity index (χ1v) is 6.35. The van der Waals surface area contributed by atoms with E-state index in [-0.39, 0.29) is 0 Å². The average Bonchev–Trinajstić information content (AvgIpc) is 2.94. The second kappa shape index (κ2) is 5.20. The molecule has 5 nitrogen and oxygen atoms in total. The summed E-state index contributed by atoms with van der Waals surface area (Å²) >= 11 is 0. The number of methoxy groups -OCH3 is 1. The van der Waals surface area contributed by atoms with Crippen molar-refractivity contribution in [1.82, 2.24) is 9.55 Å². The van der Waals surface area contributed by atoms with Crippen molar-refractivity contribution in [3.63, 3.8) is 0 Å². The van der Waals surface area contributed by atoms with Gasteiger partial charge in [-0.15, -0.1) is 0 Å². The van der Waals surface area contributed by atoms with Gasteiger partial charge in [0.1, 0.15) is 0 Å². The van der Waals surface area contributed by atoms with Crippen LogP contribution in [0.3, 0.4) is 0 Å². The van der Waals surface area contributed by atoms with E-state index in [1.807, 2.05) is 34.9 Å². The molecule has 1 aromatic carbocycles. The second-order valence-corrected chi connectivity index (χ2v) is 4.46. The van der Waals surface area contributed by atoms with Crippen molar-refractivity contribution in [2.75, 3.05) is 7.11 Å². The summed E-state index contributed by atoms with van der Waals surface area (Å²) in [7, 11) is 1.19. The molecule has 21 heavy (non-hydrogen) atoms. The maximum atomic E-state index is 12.1. The zero-order chi connectivity index (χ0) is 14.8. The number of ether oxygens (including phenoxy) is 1. The minimum Gasteiger partial charge on any atom is -0.463 e. The van der Waals surface area contributed by atoms with Crippen LogP contribution in [0.5, 0.6) is 0 Å². The molecule has 0 aliphatic heterocycles. The molecule has 0 N–H and O–H groups in total. The molecule has 0 atom stereocenters. The number of Topliss-reactive ketones (excluding diaryl/α,β-unsaturated/α-hetero) is 1. The molecule has 0 fully saturated rings. The Kier molecular flexibility index (Phi) is 3.23. The lowest BCUT2D eigenvalue weighted by Gasteiger charge is -2.03. The molecule has 0 saturated heterocycles. The zero-order valence-corrected chi connectivity index (χ0v) is 11.3. The Hall–Kier alpha value is -2.95. The van der Waals surface area contributed by atoms with E-state index in [1.54, 1.807) is 24.7 Å². The summed E-state index contributed by atoms with van der Waals surface area (Å²) in [4.78, 5) is 27.7. The third-order valence-electron chi connectivity index (χ3n) is 3.25. The van der Waals surface area contributed by atoms with Gasteiger partial charge in [-0.05, 0) is 18.2 Å². The van der Waals surface area contributed by atoms with Crippen LogP contribution in [0.4, 0.5) is 0 Å². The van der Waals surface area contributed by atoms with E-state index >= 15 is 0 Å². The summed E-state index contributed by atoms with van der Waals surface area (Å²) in [6.45, 7) is 0. The van der Waals surface area contributed by atoms with Crippen molar-refractivity contribution >= 4 is 22.7 Å². The summed E-state index contributed by atoms with van der Waals surface area (Å²) in [6, 6.07) is 11.1. The van der Waals surface area contributed by atoms with Crippen LogP contribution in [0.1, 0.15) is 10.4 Å². The molecule has 3 aromatic rings. The molecule has 0 saturated carbocycles. The highest BCUT2D eigenvalue weighted by Crippen LogP contribution is 2.25. The van der Waals surface area contributed by atoms with Gasteiger partial charge in [0.05, 0.1) is 30.1 Å². The number of pyridine rings is 1. The van der Waals surface area contributed by atoms with Crippen molar-refractivity contribution in [1.29, 1.82) is 0 Å². The average molecular weight is 280 g/mol. The normalized spacial score (nSPS) is 10.5. The Morgan fingerprint density at radius 1 is 1.14 bits per heavy atom. The first kappa shape index (κ1) is 13.1. The smallest absolute Gasteiger partial charge is 0.379 e. The standard InChI is InChI=1S/C16H12N2O3/c1-21-16(20)15(19)13-10-18(11-5-4-8-17-9-11)14-7-3-2-6-12(13)14/h2-10H,1H3. The number of hydrogen-bond donors (Lipinski definition) is 0. The van der Waals surface area contributed by atoms with E-state index in [1.165, 1.54) is 7.11 Å². The number of esters is 1. The largest absolute Gasteiger partial charge is 0.463 e. The van der Waals surface area contributed by atoms with Crippen LogP contribution in [-0.4, -0.2) is 28.4 Å². The molecule has 2 aromatic heterocycles. The number of fused-ring (bicyclic) bond motifs is 1.